The van der Waals surface area contributed by atoms with Gasteiger partial charge in [0.25, 0.3) is 0 Å². The number of carbonyl (C=O) groups is 2. The van der Waals surface area contributed by atoms with E-state index in [1.165, 1.54) is 4.31 Å². The summed E-state index contributed by atoms with van der Waals surface area (Å²) in [6, 6.07) is 23.3. The molecular weight excluding hydrogens is 558 g/mol. The first-order chi connectivity index (χ1) is 19.4. The lowest BCUT2D eigenvalue weighted by atomic mass is 10.0. The van der Waals surface area contributed by atoms with Crippen LogP contribution in [0.5, 0.6) is 0 Å². The molecule has 0 unspecified atom stereocenters. The molecule has 220 valence electrons. The number of hydrogen-bond donors (Lipinski definition) is 1. The van der Waals surface area contributed by atoms with Gasteiger partial charge in [0.1, 0.15) is 6.04 Å². The van der Waals surface area contributed by atoms with Crippen LogP contribution in [0.4, 0.5) is 5.69 Å². The molecule has 0 aliphatic rings. The van der Waals surface area contributed by atoms with E-state index >= 15 is 0 Å². The summed E-state index contributed by atoms with van der Waals surface area (Å²) in [5, 5.41) is 3.55. The highest BCUT2D eigenvalue weighted by Crippen LogP contribution is 2.21. The van der Waals surface area contributed by atoms with Crippen molar-refractivity contribution in [3.8, 4) is 0 Å². The molecule has 0 aromatic heterocycles. The Morgan fingerprint density at radius 1 is 0.927 bits per heavy atom. The lowest BCUT2D eigenvalue weighted by molar-refractivity contribution is -0.141. The van der Waals surface area contributed by atoms with Crippen LogP contribution in [0.3, 0.4) is 0 Å². The minimum atomic E-state index is -3.56. The van der Waals surface area contributed by atoms with Crippen molar-refractivity contribution in [2.24, 2.45) is 5.92 Å². The number of carbonyl (C=O) groups excluding carboxylic acids is 2. The van der Waals surface area contributed by atoms with Crippen LogP contribution >= 0.6 is 11.6 Å². The average Bonchev–Trinajstić information content (AvgIpc) is 2.92. The third-order valence-electron chi connectivity index (χ3n) is 6.67. The van der Waals surface area contributed by atoms with E-state index < -0.39 is 16.1 Å². The fraction of sp³-hybridized carbons (Fsp3) is 0.375. The van der Waals surface area contributed by atoms with Crippen LogP contribution in [-0.2, 0) is 32.6 Å². The highest BCUT2D eigenvalue weighted by atomic mass is 35.5. The van der Waals surface area contributed by atoms with Gasteiger partial charge >= 0.3 is 0 Å². The van der Waals surface area contributed by atoms with Crippen molar-refractivity contribution in [1.29, 1.82) is 0 Å². The molecule has 3 aromatic rings. The van der Waals surface area contributed by atoms with Crippen LogP contribution in [0.2, 0.25) is 5.02 Å². The molecule has 0 aliphatic carbocycles. The topological polar surface area (TPSA) is 86.8 Å². The van der Waals surface area contributed by atoms with Crippen molar-refractivity contribution in [3.05, 3.63) is 101 Å². The zero-order valence-electron chi connectivity index (χ0n) is 24.2. The fourth-order valence-corrected chi connectivity index (χ4v) is 5.70. The maximum Gasteiger partial charge on any atom is 0.243 e. The van der Waals surface area contributed by atoms with Crippen LogP contribution in [0.15, 0.2) is 78.9 Å². The number of rotatable bonds is 14. The Morgan fingerprint density at radius 3 is 2.20 bits per heavy atom. The first-order valence-corrected chi connectivity index (χ1v) is 16.1. The molecule has 3 aromatic carbocycles. The summed E-state index contributed by atoms with van der Waals surface area (Å²) in [5.74, 6) is -0.213. The van der Waals surface area contributed by atoms with Gasteiger partial charge in [-0.15, -0.1) is 0 Å². The monoisotopic (exact) mass is 597 g/mol. The number of aryl methyl sites for hydroxylation is 1. The molecule has 0 aliphatic heterocycles. The van der Waals surface area contributed by atoms with Gasteiger partial charge < -0.3 is 10.2 Å². The predicted molar refractivity (Wildman–Crippen MR) is 166 cm³/mol. The van der Waals surface area contributed by atoms with Crippen LogP contribution in [-0.4, -0.2) is 50.5 Å². The minimum Gasteiger partial charge on any atom is -0.354 e. The Kier molecular flexibility index (Phi) is 11.8. The van der Waals surface area contributed by atoms with Crippen molar-refractivity contribution >= 4 is 39.1 Å². The van der Waals surface area contributed by atoms with Gasteiger partial charge in [0.05, 0.1) is 11.9 Å². The molecule has 7 nitrogen and oxygen atoms in total. The minimum absolute atomic E-state index is 0.0706. The largest absolute Gasteiger partial charge is 0.354 e. The van der Waals surface area contributed by atoms with Gasteiger partial charge in [-0.3, -0.25) is 13.9 Å². The van der Waals surface area contributed by atoms with E-state index in [1.807, 2.05) is 75.4 Å². The SMILES string of the molecule is Cc1ccc(N(CCCC(=O)N(Cc2cccc(Cl)c2)[C@H](Cc2ccccc2)C(=O)NCC(C)C)S(C)(=O)=O)cc1. The van der Waals surface area contributed by atoms with E-state index in [0.717, 1.165) is 22.9 Å². The Balaban J connectivity index is 1.87. The van der Waals surface area contributed by atoms with E-state index in [-0.39, 0.29) is 43.7 Å². The van der Waals surface area contributed by atoms with Gasteiger partial charge in [0.2, 0.25) is 21.8 Å². The third kappa shape index (κ3) is 10.2. The first kappa shape index (κ1) is 32.2. The lowest BCUT2D eigenvalue weighted by Gasteiger charge is -2.32. The second kappa shape index (κ2) is 15.0. The van der Waals surface area contributed by atoms with Gasteiger partial charge in [-0.2, -0.15) is 0 Å². The normalized spacial score (nSPS) is 12.1. The summed E-state index contributed by atoms with van der Waals surface area (Å²) >= 11 is 6.25. The fourth-order valence-electron chi connectivity index (χ4n) is 4.52. The van der Waals surface area contributed by atoms with Crippen LogP contribution in [0.25, 0.3) is 0 Å². The Morgan fingerprint density at radius 2 is 1.59 bits per heavy atom. The van der Waals surface area contributed by atoms with E-state index in [1.54, 1.807) is 29.2 Å². The van der Waals surface area contributed by atoms with Gasteiger partial charge in [0.15, 0.2) is 0 Å². The molecule has 0 radical (unpaired) electrons. The molecule has 9 heteroatoms. The zero-order chi connectivity index (χ0) is 30.0. The number of hydrogen-bond acceptors (Lipinski definition) is 4. The summed E-state index contributed by atoms with van der Waals surface area (Å²) in [6.07, 6.45) is 1.86. The molecule has 0 saturated carbocycles. The molecular formula is C32H40ClN3O4S. The number of nitrogens with zero attached hydrogens (tertiary/aromatic N) is 2. The van der Waals surface area contributed by atoms with Crippen molar-refractivity contribution in [3.63, 3.8) is 0 Å². The molecule has 0 saturated heterocycles. The van der Waals surface area contributed by atoms with Crippen molar-refractivity contribution in [2.75, 3.05) is 23.7 Å². The van der Waals surface area contributed by atoms with Crippen molar-refractivity contribution < 1.29 is 18.0 Å². The summed E-state index contributed by atoms with van der Waals surface area (Å²) in [6.45, 7) is 6.79. The van der Waals surface area contributed by atoms with E-state index in [0.29, 0.717) is 23.7 Å². The molecule has 0 spiro atoms. The van der Waals surface area contributed by atoms with E-state index in [2.05, 4.69) is 5.32 Å². The van der Waals surface area contributed by atoms with Gasteiger partial charge in [-0.25, -0.2) is 8.42 Å². The van der Waals surface area contributed by atoms with E-state index in [4.69, 9.17) is 11.6 Å². The van der Waals surface area contributed by atoms with Gasteiger partial charge in [0, 0.05) is 37.5 Å². The lowest BCUT2D eigenvalue weighted by Crippen LogP contribution is -2.51. The third-order valence-corrected chi connectivity index (χ3v) is 8.10. The van der Waals surface area contributed by atoms with Gasteiger partial charge in [-0.1, -0.05) is 85.6 Å². The molecule has 1 atom stereocenters. The molecule has 3 rings (SSSR count). The number of benzene rings is 3. The summed E-state index contributed by atoms with van der Waals surface area (Å²) in [4.78, 5) is 29.0. The highest BCUT2D eigenvalue weighted by Gasteiger charge is 2.30. The second-order valence-electron chi connectivity index (χ2n) is 10.8. The Bertz CT molecular complexity index is 1400. The summed E-state index contributed by atoms with van der Waals surface area (Å²) in [7, 11) is -3.56. The summed E-state index contributed by atoms with van der Waals surface area (Å²) in [5.41, 5.74) is 3.31. The molecule has 0 bridgehead atoms. The van der Waals surface area contributed by atoms with Crippen LogP contribution in [0, 0.1) is 12.8 Å². The van der Waals surface area contributed by atoms with E-state index in [9.17, 15) is 18.0 Å². The molecule has 2 amide bonds. The molecule has 1 N–H and O–H groups in total. The number of anilines is 1. The maximum atomic E-state index is 13.9. The maximum absolute atomic E-state index is 13.9. The highest BCUT2D eigenvalue weighted by molar-refractivity contribution is 7.92. The molecule has 0 fully saturated rings. The average molecular weight is 598 g/mol. The molecule has 0 heterocycles. The first-order valence-electron chi connectivity index (χ1n) is 13.8. The van der Waals surface area contributed by atoms with Crippen LogP contribution in [0.1, 0.15) is 43.4 Å². The summed E-state index contributed by atoms with van der Waals surface area (Å²) < 4.78 is 26.5. The standard InChI is InChI=1S/C32H40ClN3O4S/c1-24(2)22-34-32(38)30(21-26-10-6-5-7-11-26)35(23-27-12-8-13-28(33)20-27)31(37)14-9-19-36(41(4,39)40)29-17-15-25(3)16-18-29/h5-8,10-13,15-18,20,24,30H,9,14,19,21-23H2,1-4H3,(H,34,38)/t30-/m1/s1. The van der Waals surface area contributed by atoms with Crippen molar-refractivity contribution in [1.82, 2.24) is 10.2 Å². The number of nitrogens with one attached hydrogen (secondary N) is 1. The quantitative estimate of drug-likeness (QED) is 0.262. The van der Waals surface area contributed by atoms with Crippen molar-refractivity contribution in [2.45, 2.75) is 52.6 Å². The van der Waals surface area contributed by atoms with Gasteiger partial charge in [-0.05, 0) is 54.7 Å². The van der Waals surface area contributed by atoms with Crippen LogP contribution < -0.4 is 9.62 Å². The second-order valence-corrected chi connectivity index (χ2v) is 13.1. The Hall–Kier alpha value is -3.36. The molecule has 41 heavy (non-hydrogen) atoms. The number of amides is 2. The number of halogens is 1. The predicted octanol–water partition coefficient (Wildman–Crippen LogP) is 5.61. The number of sulfonamides is 1. The zero-order valence-corrected chi connectivity index (χ0v) is 25.8. The Labute approximate surface area is 249 Å². The smallest absolute Gasteiger partial charge is 0.243 e.